The molecule has 0 aliphatic heterocycles. The predicted octanol–water partition coefficient (Wildman–Crippen LogP) is 3.75. The Bertz CT molecular complexity index is 271. The maximum Gasteiger partial charge on any atom is 0.256 e. The number of ether oxygens (including phenoxy) is 2. The van der Waals surface area contributed by atoms with Crippen molar-refractivity contribution < 1.29 is 18.3 Å². The normalized spacial score (nSPS) is 39.5. The van der Waals surface area contributed by atoms with Crippen molar-refractivity contribution in [3.8, 4) is 0 Å². The summed E-state index contributed by atoms with van der Waals surface area (Å²) >= 11 is 0. The average molecular weight is 248 g/mol. The van der Waals surface area contributed by atoms with E-state index in [4.69, 9.17) is 9.47 Å². The molecule has 0 spiro atoms. The SMILES string of the molecule is CCCC12CCC(OCOC)(CC1)CC2(F)F. The number of halogens is 2. The average Bonchev–Trinajstić information content (AvgIpc) is 2.28. The Labute approximate surface area is 102 Å². The molecule has 0 aromatic carbocycles. The Morgan fingerprint density at radius 1 is 1.12 bits per heavy atom. The van der Waals surface area contributed by atoms with Crippen molar-refractivity contribution in [2.45, 2.75) is 63.4 Å². The molecule has 0 saturated heterocycles. The fourth-order valence-electron chi connectivity index (χ4n) is 3.61. The first-order valence-electron chi connectivity index (χ1n) is 6.50. The van der Waals surface area contributed by atoms with Gasteiger partial charge in [0.05, 0.1) is 5.60 Å². The fraction of sp³-hybridized carbons (Fsp3) is 1.00. The van der Waals surface area contributed by atoms with Gasteiger partial charge in [0.15, 0.2) is 0 Å². The lowest BCUT2D eigenvalue weighted by atomic mass is 9.55. The molecule has 2 nitrogen and oxygen atoms in total. The molecule has 0 atom stereocenters. The molecule has 2 bridgehead atoms. The minimum absolute atomic E-state index is 0.122. The van der Waals surface area contributed by atoms with Crippen LogP contribution in [0.4, 0.5) is 8.78 Å². The molecule has 4 heteroatoms. The van der Waals surface area contributed by atoms with Crippen LogP contribution in [0.5, 0.6) is 0 Å². The highest BCUT2D eigenvalue weighted by Gasteiger charge is 2.64. The number of hydrogen-bond acceptors (Lipinski definition) is 2. The quantitative estimate of drug-likeness (QED) is 0.690. The van der Waals surface area contributed by atoms with E-state index in [0.717, 1.165) is 19.3 Å². The lowest BCUT2D eigenvalue weighted by Gasteiger charge is -2.57. The lowest BCUT2D eigenvalue weighted by Crippen LogP contribution is -2.59. The molecule has 0 radical (unpaired) electrons. The molecular formula is C13H22F2O2. The topological polar surface area (TPSA) is 18.5 Å². The molecule has 3 fully saturated rings. The van der Waals surface area contributed by atoms with E-state index < -0.39 is 16.9 Å². The molecule has 3 rings (SSSR count). The zero-order chi connectivity index (χ0) is 12.6. The summed E-state index contributed by atoms with van der Waals surface area (Å²) in [4.78, 5) is 0. The summed E-state index contributed by atoms with van der Waals surface area (Å²) in [5.74, 6) is -2.58. The molecule has 17 heavy (non-hydrogen) atoms. The second-order valence-corrected chi connectivity index (χ2v) is 5.65. The summed E-state index contributed by atoms with van der Waals surface area (Å²) in [7, 11) is 1.53. The molecule has 3 saturated carbocycles. The van der Waals surface area contributed by atoms with E-state index in [2.05, 4.69) is 0 Å². The summed E-state index contributed by atoms with van der Waals surface area (Å²) < 4.78 is 39.0. The van der Waals surface area contributed by atoms with Gasteiger partial charge in [-0.2, -0.15) is 0 Å². The van der Waals surface area contributed by atoms with Gasteiger partial charge in [-0.05, 0) is 32.1 Å². The number of methoxy groups -OCH3 is 1. The monoisotopic (exact) mass is 248 g/mol. The van der Waals surface area contributed by atoms with E-state index in [0.29, 0.717) is 19.3 Å². The Kier molecular flexibility index (Phi) is 3.47. The zero-order valence-corrected chi connectivity index (χ0v) is 10.7. The lowest BCUT2D eigenvalue weighted by molar-refractivity contribution is -0.274. The number of fused-ring (bicyclic) bond motifs is 3. The Morgan fingerprint density at radius 2 is 1.76 bits per heavy atom. The van der Waals surface area contributed by atoms with Gasteiger partial charge in [-0.1, -0.05) is 13.3 Å². The molecule has 0 unspecified atom stereocenters. The van der Waals surface area contributed by atoms with Crippen LogP contribution in [0.3, 0.4) is 0 Å². The molecule has 100 valence electrons. The summed E-state index contributed by atoms with van der Waals surface area (Å²) in [5.41, 5.74) is -1.38. The highest BCUT2D eigenvalue weighted by molar-refractivity contribution is 5.09. The Balaban J connectivity index is 2.13. The van der Waals surface area contributed by atoms with Crippen LogP contribution in [0.15, 0.2) is 0 Å². The van der Waals surface area contributed by atoms with Crippen LogP contribution in [0.1, 0.15) is 51.9 Å². The van der Waals surface area contributed by atoms with Gasteiger partial charge in [0.1, 0.15) is 6.79 Å². The number of rotatable bonds is 5. The molecule has 0 heterocycles. The van der Waals surface area contributed by atoms with Crippen molar-refractivity contribution in [3.05, 3.63) is 0 Å². The number of hydrogen-bond donors (Lipinski definition) is 0. The van der Waals surface area contributed by atoms with Crippen molar-refractivity contribution in [1.29, 1.82) is 0 Å². The van der Waals surface area contributed by atoms with Gasteiger partial charge in [0.25, 0.3) is 5.92 Å². The molecule has 0 N–H and O–H groups in total. The predicted molar refractivity (Wildman–Crippen MR) is 61.1 cm³/mol. The van der Waals surface area contributed by atoms with Crippen molar-refractivity contribution in [3.63, 3.8) is 0 Å². The van der Waals surface area contributed by atoms with Crippen molar-refractivity contribution >= 4 is 0 Å². The summed E-state index contributed by atoms with van der Waals surface area (Å²) in [6.45, 7) is 2.11. The molecule has 0 aromatic rings. The summed E-state index contributed by atoms with van der Waals surface area (Å²) in [6, 6.07) is 0. The van der Waals surface area contributed by atoms with E-state index in [-0.39, 0.29) is 13.2 Å². The van der Waals surface area contributed by atoms with Crippen molar-refractivity contribution in [2.75, 3.05) is 13.9 Å². The van der Waals surface area contributed by atoms with Crippen LogP contribution in [0.25, 0.3) is 0 Å². The first-order valence-corrected chi connectivity index (χ1v) is 6.50. The zero-order valence-electron chi connectivity index (χ0n) is 10.7. The number of alkyl halides is 2. The van der Waals surface area contributed by atoms with Crippen molar-refractivity contribution in [1.82, 2.24) is 0 Å². The molecular weight excluding hydrogens is 226 g/mol. The van der Waals surface area contributed by atoms with Gasteiger partial charge in [-0.3, -0.25) is 0 Å². The van der Waals surface area contributed by atoms with Crippen LogP contribution in [-0.2, 0) is 9.47 Å². The molecule has 3 aliphatic rings. The third kappa shape index (κ3) is 2.10. The largest absolute Gasteiger partial charge is 0.359 e. The maximum atomic E-state index is 14.3. The summed E-state index contributed by atoms with van der Waals surface area (Å²) in [5, 5.41) is 0. The van der Waals surface area contributed by atoms with Crippen LogP contribution < -0.4 is 0 Å². The highest BCUT2D eigenvalue weighted by Crippen LogP contribution is 2.63. The van der Waals surface area contributed by atoms with Crippen LogP contribution in [0, 0.1) is 5.41 Å². The minimum Gasteiger partial charge on any atom is -0.359 e. The second-order valence-electron chi connectivity index (χ2n) is 5.65. The fourth-order valence-corrected chi connectivity index (χ4v) is 3.61. The van der Waals surface area contributed by atoms with E-state index >= 15 is 0 Å². The van der Waals surface area contributed by atoms with Gasteiger partial charge in [-0.15, -0.1) is 0 Å². The van der Waals surface area contributed by atoms with Gasteiger partial charge >= 0.3 is 0 Å². The third-order valence-corrected chi connectivity index (χ3v) is 4.65. The van der Waals surface area contributed by atoms with Gasteiger partial charge < -0.3 is 9.47 Å². The summed E-state index contributed by atoms with van der Waals surface area (Å²) in [6.07, 6.45) is 4.05. The van der Waals surface area contributed by atoms with Crippen LogP contribution >= 0.6 is 0 Å². The molecule has 0 amide bonds. The minimum atomic E-state index is -2.58. The Hall–Kier alpha value is -0.220. The van der Waals surface area contributed by atoms with E-state index in [9.17, 15) is 8.78 Å². The van der Waals surface area contributed by atoms with Gasteiger partial charge in [0.2, 0.25) is 0 Å². The molecule has 3 aliphatic carbocycles. The van der Waals surface area contributed by atoms with Gasteiger partial charge in [0, 0.05) is 18.9 Å². The van der Waals surface area contributed by atoms with Gasteiger partial charge in [-0.25, -0.2) is 8.78 Å². The standard InChI is InChI=1S/C13H22F2O2/c1-3-4-11-5-7-12(8-6-11,17-10-16-2)9-13(11,14)15/h3-10H2,1-2H3. The Morgan fingerprint density at radius 3 is 2.24 bits per heavy atom. The smallest absolute Gasteiger partial charge is 0.256 e. The highest BCUT2D eigenvalue weighted by atomic mass is 19.3. The van der Waals surface area contributed by atoms with E-state index in [1.54, 1.807) is 0 Å². The molecule has 0 aromatic heterocycles. The first-order chi connectivity index (χ1) is 7.99. The van der Waals surface area contributed by atoms with E-state index in [1.165, 1.54) is 7.11 Å². The van der Waals surface area contributed by atoms with Crippen molar-refractivity contribution in [2.24, 2.45) is 5.41 Å². The van der Waals surface area contributed by atoms with Crippen LogP contribution in [-0.4, -0.2) is 25.4 Å². The van der Waals surface area contributed by atoms with Crippen LogP contribution in [0.2, 0.25) is 0 Å². The first kappa shape index (κ1) is 13.2. The van der Waals surface area contributed by atoms with E-state index in [1.807, 2.05) is 6.92 Å². The second kappa shape index (κ2) is 4.47. The third-order valence-electron chi connectivity index (χ3n) is 4.65. The maximum absolute atomic E-state index is 14.3.